The van der Waals surface area contributed by atoms with E-state index >= 15 is 0 Å². The van der Waals surface area contributed by atoms with Crippen molar-refractivity contribution in [1.82, 2.24) is 4.90 Å². The molecule has 21 heavy (non-hydrogen) atoms. The van der Waals surface area contributed by atoms with Crippen molar-refractivity contribution in [3.05, 3.63) is 30.1 Å². The molecule has 2 rings (SSSR count). The topological polar surface area (TPSA) is 57.6 Å². The van der Waals surface area contributed by atoms with Crippen LogP contribution in [0.15, 0.2) is 29.2 Å². The summed E-state index contributed by atoms with van der Waals surface area (Å²) >= 11 is 1.16. The molecular weight excluding hydrogens is 293 g/mol. The van der Waals surface area contributed by atoms with Gasteiger partial charge in [0.25, 0.3) is 0 Å². The number of aliphatic carboxylic acids is 1. The number of carbonyl (C=O) groups excluding carboxylic acids is 1. The lowest BCUT2D eigenvalue weighted by Gasteiger charge is -2.35. The van der Waals surface area contributed by atoms with Crippen molar-refractivity contribution in [2.75, 3.05) is 12.3 Å². The van der Waals surface area contributed by atoms with Crippen LogP contribution in [0.2, 0.25) is 0 Å². The van der Waals surface area contributed by atoms with Crippen LogP contribution in [0.4, 0.5) is 4.39 Å². The minimum Gasteiger partial charge on any atom is -0.481 e. The quantitative estimate of drug-likeness (QED) is 0.850. The number of likely N-dealkylation sites (tertiary alicyclic amines) is 1. The maximum atomic E-state index is 13.5. The van der Waals surface area contributed by atoms with Gasteiger partial charge in [0.1, 0.15) is 5.82 Å². The lowest BCUT2D eigenvalue weighted by Crippen LogP contribution is -2.45. The summed E-state index contributed by atoms with van der Waals surface area (Å²) < 4.78 is 13.5. The first-order valence-corrected chi connectivity index (χ1v) is 7.95. The lowest BCUT2D eigenvalue weighted by molar-refractivity contribution is -0.141. The number of amides is 1. The van der Waals surface area contributed by atoms with E-state index in [0.29, 0.717) is 11.4 Å². The summed E-state index contributed by atoms with van der Waals surface area (Å²) in [6, 6.07) is 6.10. The van der Waals surface area contributed by atoms with E-state index in [2.05, 4.69) is 0 Å². The fourth-order valence-corrected chi connectivity index (χ4v) is 3.35. The lowest BCUT2D eigenvalue weighted by atomic mass is 9.99. The number of hydrogen-bond acceptors (Lipinski definition) is 3. The second kappa shape index (κ2) is 7.45. The molecule has 0 aromatic heterocycles. The number of carboxylic acid groups (broad SMARTS) is 1. The van der Waals surface area contributed by atoms with Gasteiger partial charge in [0.2, 0.25) is 5.91 Å². The van der Waals surface area contributed by atoms with Crippen LogP contribution in [-0.2, 0) is 9.59 Å². The number of hydrogen-bond donors (Lipinski definition) is 1. The predicted molar refractivity (Wildman–Crippen MR) is 78.7 cm³/mol. The summed E-state index contributed by atoms with van der Waals surface area (Å²) in [4.78, 5) is 25.2. The minimum absolute atomic E-state index is 0.0178. The zero-order chi connectivity index (χ0) is 15.2. The van der Waals surface area contributed by atoms with E-state index in [1.807, 2.05) is 0 Å². The number of nitrogens with zero attached hydrogens (tertiary/aromatic N) is 1. The normalized spacial score (nSPS) is 18.5. The van der Waals surface area contributed by atoms with Gasteiger partial charge >= 0.3 is 5.97 Å². The molecule has 1 heterocycles. The van der Waals surface area contributed by atoms with E-state index in [0.717, 1.165) is 31.0 Å². The maximum Gasteiger partial charge on any atom is 0.305 e. The van der Waals surface area contributed by atoms with Gasteiger partial charge in [0.15, 0.2) is 0 Å². The van der Waals surface area contributed by atoms with Crippen LogP contribution in [0.3, 0.4) is 0 Å². The Labute approximate surface area is 127 Å². The molecule has 1 fully saturated rings. The Kier molecular flexibility index (Phi) is 5.61. The first kappa shape index (κ1) is 15.8. The van der Waals surface area contributed by atoms with Crippen LogP contribution >= 0.6 is 11.8 Å². The van der Waals surface area contributed by atoms with Gasteiger partial charge in [-0.3, -0.25) is 9.59 Å². The monoisotopic (exact) mass is 311 g/mol. The Morgan fingerprint density at radius 1 is 1.33 bits per heavy atom. The third-order valence-electron chi connectivity index (χ3n) is 3.55. The molecule has 1 unspecified atom stereocenters. The summed E-state index contributed by atoms with van der Waals surface area (Å²) in [6.07, 6.45) is 2.55. The Morgan fingerprint density at radius 3 is 2.81 bits per heavy atom. The fraction of sp³-hybridized carbons (Fsp3) is 0.467. The van der Waals surface area contributed by atoms with E-state index in [9.17, 15) is 14.0 Å². The van der Waals surface area contributed by atoms with E-state index in [-0.39, 0.29) is 29.9 Å². The molecule has 1 amide bonds. The SMILES string of the molecule is O=C(O)CC1CCCCN1C(=O)CSc1ccccc1F. The Morgan fingerprint density at radius 2 is 2.10 bits per heavy atom. The molecule has 1 aromatic carbocycles. The van der Waals surface area contributed by atoms with Crippen molar-refractivity contribution in [3.8, 4) is 0 Å². The zero-order valence-electron chi connectivity index (χ0n) is 11.6. The molecule has 114 valence electrons. The summed E-state index contributed by atoms with van der Waals surface area (Å²) in [5.74, 6) is -1.21. The highest BCUT2D eigenvalue weighted by Crippen LogP contribution is 2.24. The summed E-state index contributed by atoms with van der Waals surface area (Å²) in [7, 11) is 0. The number of rotatable bonds is 5. The third kappa shape index (κ3) is 4.46. The Balaban J connectivity index is 1.94. The van der Waals surface area contributed by atoms with Gasteiger partial charge in [0.05, 0.1) is 12.2 Å². The highest BCUT2D eigenvalue weighted by molar-refractivity contribution is 8.00. The molecular formula is C15H18FNO3S. The van der Waals surface area contributed by atoms with Gasteiger partial charge in [-0.1, -0.05) is 12.1 Å². The largest absolute Gasteiger partial charge is 0.481 e. The number of piperidine rings is 1. The van der Waals surface area contributed by atoms with Gasteiger partial charge in [-0.15, -0.1) is 11.8 Å². The Bertz CT molecular complexity index is 523. The van der Waals surface area contributed by atoms with Crippen molar-refractivity contribution >= 4 is 23.6 Å². The number of benzene rings is 1. The summed E-state index contributed by atoms with van der Waals surface area (Å²) in [6.45, 7) is 0.592. The first-order chi connectivity index (χ1) is 10.1. The molecule has 0 bridgehead atoms. The van der Waals surface area contributed by atoms with Crippen LogP contribution in [0.5, 0.6) is 0 Å². The fourth-order valence-electron chi connectivity index (χ4n) is 2.53. The van der Waals surface area contributed by atoms with Crippen molar-refractivity contribution in [1.29, 1.82) is 0 Å². The molecule has 0 saturated carbocycles. The molecule has 1 aliphatic heterocycles. The van der Waals surface area contributed by atoms with Crippen molar-refractivity contribution < 1.29 is 19.1 Å². The predicted octanol–water partition coefficient (Wildman–Crippen LogP) is 2.77. The van der Waals surface area contributed by atoms with Crippen LogP contribution in [0.1, 0.15) is 25.7 Å². The molecule has 0 radical (unpaired) electrons. The average Bonchev–Trinajstić information content (AvgIpc) is 2.46. The van der Waals surface area contributed by atoms with Crippen LogP contribution in [0, 0.1) is 5.82 Å². The molecule has 1 N–H and O–H groups in total. The van der Waals surface area contributed by atoms with Gasteiger partial charge in [-0.25, -0.2) is 4.39 Å². The molecule has 6 heteroatoms. The smallest absolute Gasteiger partial charge is 0.305 e. The minimum atomic E-state index is -0.888. The van der Waals surface area contributed by atoms with Gasteiger partial charge in [-0.05, 0) is 31.4 Å². The van der Waals surface area contributed by atoms with Crippen molar-refractivity contribution in [2.45, 2.75) is 36.6 Å². The van der Waals surface area contributed by atoms with E-state index in [1.54, 1.807) is 23.1 Å². The molecule has 1 saturated heterocycles. The molecule has 0 aliphatic carbocycles. The van der Waals surface area contributed by atoms with Gasteiger partial charge < -0.3 is 10.0 Å². The first-order valence-electron chi connectivity index (χ1n) is 6.96. The van der Waals surface area contributed by atoms with E-state index in [4.69, 9.17) is 5.11 Å². The summed E-state index contributed by atoms with van der Waals surface area (Å²) in [5, 5.41) is 8.92. The van der Waals surface area contributed by atoms with Crippen LogP contribution in [-0.4, -0.2) is 40.2 Å². The van der Waals surface area contributed by atoms with E-state index < -0.39 is 5.97 Å². The molecule has 1 atom stereocenters. The second-order valence-electron chi connectivity index (χ2n) is 5.05. The molecule has 1 aliphatic rings. The van der Waals surface area contributed by atoms with Gasteiger partial charge in [0, 0.05) is 17.5 Å². The van der Waals surface area contributed by atoms with Crippen LogP contribution < -0.4 is 0 Å². The summed E-state index contributed by atoms with van der Waals surface area (Å²) in [5.41, 5.74) is 0. The highest BCUT2D eigenvalue weighted by Gasteiger charge is 2.28. The molecule has 0 spiro atoms. The Hall–Kier alpha value is -1.56. The van der Waals surface area contributed by atoms with Crippen molar-refractivity contribution in [2.24, 2.45) is 0 Å². The molecule has 1 aromatic rings. The average molecular weight is 311 g/mol. The third-order valence-corrected chi connectivity index (χ3v) is 4.58. The number of carboxylic acids is 1. The van der Waals surface area contributed by atoms with E-state index in [1.165, 1.54) is 6.07 Å². The number of carbonyl (C=O) groups is 2. The number of halogens is 1. The van der Waals surface area contributed by atoms with Crippen molar-refractivity contribution in [3.63, 3.8) is 0 Å². The van der Waals surface area contributed by atoms with Gasteiger partial charge in [-0.2, -0.15) is 0 Å². The molecule has 4 nitrogen and oxygen atoms in total. The second-order valence-corrected chi connectivity index (χ2v) is 6.07. The number of thioether (sulfide) groups is 1. The van der Waals surface area contributed by atoms with Crippen LogP contribution in [0.25, 0.3) is 0 Å². The zero-order valence-corrected chi connectivity index (χ0v) is 12.4. The maximum absolute atomic E-state index is 13.5. The highest BCUT2D eigenvalue weighted by atomic mass is 32.2. The standard InChI is InChI=1S/C15H18FNO3S/c16-12-6-1-2-7-13(12)21-10-14(18)17-8-4-3-5-11(17)9-15(19)20/h1-2,6-7,11H,3-5,8-10H2,(H,19,20).